The molecule has 0 saturated heterocycles. The van der Waals surface area contributed by atoms with Crippen molar-refractivity contribution in [2.75, 3.05) is 19.7 Å². The molecule has 0 radical (unpaired) electrons. The summed E-state index contributed by atoms with van der Waals surface area (Å²) in [6.45, 7) is 10.7. The Hall–Kier alpha value is -2.60. The normalized spacial score (nSPS) is 13.4. The zero-order chi connectivity index (χ0) is 27.6. The first kappa shape index (κ1) is 34.4. The summed E-state index contributed by atoms with van der Waals surface area (Å²) in [7, 11) is 0. The number of ether oxygens (including phenoxy) is 2. The van der Waals surface area contributed by atoms with Crippen molar-refractivity contribution >= 4 is 12.0 Å². The quantitative estimate of drug-likeness (QED) is 0.131. The Morgan fingerprint density at radius 2 is 1.24 bits per heavy atom. The maximum atomic E-state index is 12.3. The summed E-state index contributed by atoms with van der Waals surface area (Å²) in [5.74, 6) is -0.147. The molecular formula is C31H52N2O4. The molecular weight excluding hydrogens is 464 g/mol. The number of hydrogen-bond acceptors (Lipinski definition) is 4. The number of alkyl carbamates (subject to hydrolysis) is 1. The largest absolute Gasteiger partial charge is 0.444 e. The van der Waals surface area contributed by atoms with Gasteiger partial charge in [-0.05, 0) is 78.6 Å². The molecule has 37 heavy (non-hydrogen) atoms. The average Bonchev–Trinajstić information content (AvgIpc) is 2.84. The zero-order valence-corrected chi connectivity index (χ0v) is 24.0. The molecule has 0 aliphatic carbocycles. The first-order valence-electron chi connectivity index (χ1n) is 13.9. The van der Waals surface area contributed by atoms with Gasteiger partial charge in [0.15, 0.2) is 0 Å². The molecule has 0 spiro atoms. The van der Waals surface area contributed by atoms with E-state index >= 15 is 0 Å². The Morgan fingerprint density at radius 1 is 0.730 bits per heavy atom. The number of carbonyl (C=O) groups is 2. The summed E-state index contributed by atoms with van der Waals surface area (Å²) in [5.41, 5.74) is -0.539. The summed E-state index contributed by atoms with van der Waals surface area (Å²) in [6.07, 6.45) is 29.7. The van der Waals surface area contributed by atoms with Gasteiger partial charge in [-0.25, -0.2) is 4.79 Å². The van der Waals surface area contributed by atoms with Gasteiger partial charge in [-0.3, -0.25) is 4.79 Å². The van der Waals surface area contributed by atoms with E-state index in [1.165, 1.54) is 0 Å². The smallest absolute Gasteiger partial charge is 0.407 e. The van der Waals surface area contributed by atoms with Crippen molar-refractivity contribution in [3.63, 3.8) is 0 Å². The monoisotopic (exact) mass is 516 g/mol. The molecule has 0 aromatic rings. The lowest BCUT2D eigenvalue weighted by Crippen LogP contribution is -2.41. The molecule has 2 amide bonds. The first-order valence-corrected chi connectivity index (χ1v) is 13.9. The Labute approximate surface area is 226 Å². The van der Waals surface area contributed by atoms with E-state index in [0.29, 0.717) is 26.1 Å². The summed E-state index contributed by atoms with van der Waals surface area (Å²) < 4.78 is 10.9. The second kappa shape index (κ2) is 23.8. The summed E-state index contributed by atoms with van der Waals surface area (Å²) in [4.78, 5) is 23.9. The molecule has 0 fully saturated rings. The van der Waals surface area contributed by atoms with Gasteiger partial charge < -0.3 is 20.1 Å². The fourth-order valence-corrected chi connectivity index (χ4v) is 3.12. The Bertz CT molecular complexity index is 730. The van der Waals surface area contributed by atoms with Gasteiger partial charge in [-0.1, -0.05) is 74.6 Å². The molecule has 0 aliphatic heterocycles. The minimum Gasteiger partial charge on any atom is -0.444 e. The molecule has 6 heteroatoms. The van der Waals surface area contributed by atoms with E-state index in [2.05, 4.69) is 78.3 Å². The lowest BCUT2D eigenvalue weighted by Gasteiger charge is -2.20. The maximum absolute atomic E-state index is 12.3. The molecule has 2 N–H and O–H groups in total. The van der Waals surface area contributed by atoms with Crippen LogP contribution in [-0.2, 0) is 14.3 Å². The highest BCUT2D eigenvalue weighted by Gasteiger charge is 2.17. The highest BCUT2D eigenvalue weighted by molar-refractivity contribution is 5.80. The molecule has 210 valence electrons. The lowest BCUT2D eigenvalue weighted by molar-refractivity contribution is -0.133. The van der Waals surface area contributed by atoms with E-state index in [1.807, 2.05) is 6.92 Å². The van der Waals surface area contributed by atoms with Crippen molar-refractivity contribution in [2.24, 2.45) is 0 Å². The standard InChI is InChI=1S/C31H52N2O4/c1-6-8-9-10-11-12-13-14-15-16-17-18-19-20-21-22-23-24-27-36-28(7-2)29(34)32-25-26-33-30(35)37-31(3,4)5/h8-9,11-12,14-15,17-18,20-21,28H,6-7,10,13,16,19,22-27H2,1-5H3,(H,32,34)(H,33,35). The van der Waals surface area contributed by atoms with Gasteiger partial charge in [-0.2, -0.15) is 0 Å². The van der Waals surface area contributed by atoms with Gasteiger partial charge in [-0.15, -0.1) is 0 Å². The number of rotatable bonds is 20. The highest BCUT2D eigenvalue weighted by atomic mass is 16.6. The Kier molecular flexibility index (Phi) is 22.1. The van der Waals surface area contributed by atoms with Crippen LogP contribution in [0.15, 0.2) is 60.8 Å². The highest BCUT2D eigenvalue weighted by Crippen LogP contribution is 2.06. The molecule has 0 heterocycles. The third-order valence-electron chi connectivity index (χ3n) is 5.00. The predicted octanol–water partition coefficient (Wildman–Crippen LogP) is 7.34. The summed E-state index contributed by atoms with van der Waals surface area (Å²) in [5, 5.41) is 5.43. The number of carbonyl (C=O) groups excluding carboxylic acids is 2. The first-order chi connectivity index (χ1) is 17.8. The molecule has 0 aromatic carbocycles. The molecule has 0 bridgehead atoms. The fraction of sp³-hybridized carbons (Fsp3) is 0.613. The van der Waals surface area contributed by atoms with Crippen molar-refractivity contribution in [2.45, 2.75) is 104 Å². The van der Waals surface area contributed by atoms with E-state index in [4.69, 9.17) is 9.47 Å². The van der Waals surface area contributed by atoms with Crippen molar-refractivity contribution < 1.29 is 19.1 Å². The third kappa shape index (κ3) is 24.9. The van der Waals surface area contributed by atoms with Gasteiger partial charge in [0.05, 0.1) is 0 Å². The molecule has 1 unspecified atom stereocenters. The molecule has 1 atom stereocenters. The lowest BCUT2D eigenvalue weighted by atomic mass is 10.2. The maximum Gasteiger partial charge on any atom is 0.407 e. The predicted molar refractivity (Wildman–Crippen MR) is 156 cm³/mol. The van der Waals surface area contributed by atoms with Crippen LogP contribution in [0.5, 0.6) is 0 Å². The molecule has 0 aromatic heterocycles. The van der Waals surface area contributed by atoms with Crippen molar-refractivity contribution in [1.82, 2.24) is 10.6 Å². The number of nitrogens with one attached hydrogen (secondary N) is 2. The van der Waals surface area contributed by atoms with Crippen LogP contribution in [-0.4, -0.2) is 43.4 Å². The third-order valence-corrected chi connectivity index (χ3v) is 5.00. The molecule has 0 rings (SSSR count). The van der Waals surface area contributed by atoms with Crippen LogP contribution in [0.4, 0.5) is 4.79 Å². The number of allylic oxidation sites excluding steroid dienone is 10. The van der Waals surface area contributed by atoms with Crippen LogP contribution in [0.1, 0.15) is 92.4 Å². The molecule has 6 nitrogen and oxygen atoms in total. The van der Waals surface area contributed by atoms with Gasteiger partial charge in [0.2, 0.25) is 5.91 Å². The van der Waals surface area contributed by atoms with Crippen LogP contribution in [0.25, 0.3) is 0 Å². The second-order valence-corrected chi connectivity index (χ2v) is 9.69. The van der Waals surface area contributed by atoms with E-state index in [-0.39, 0.29) is 5.91 Å². The van der Waals surface area contributed by atoms with Gasteiger partial charge in [0.1, 0.15) is 11.7 Å². The molecule has 0 aliphatic rings. The second-order valence-electron chi connectivity index (χ2n) is 9.69. The van der Waals surface area contributed by atoms with Gasteiger partial charge >= 0.3 is 6.09 Å². The average molecular weight is 517 g/mol. The summed E-state index contributed by atoms with van der Waals surface area (Å²) in [6, 6.07) is 0. The number of unbranched alkanes of at least 4 members (excludes halogenated alkanes) is 2. The Balaban J connectivity index is 3.76. The van der Waals surface area contributed by atoms with Crippen LogP contribution in [0.2, 0.25) is 0 Å². The SMILES string of the molecule is CCC=CCC=CCC=CCC=CCC=CCCCCOC(CC)C(=O)NCCNC(=O)OC(C)(C)C. The number of amides is 2. The van der Waals surface area contributed by atoms with E-state index in [0.717, 1.165) is 51.4 Å². The van der Waals surface area contributed by atoms with Crippen LogP contribution in [0, 0.1) is 0 Å². The minimum absolute atomic E-state index is 0.147. The number of hydrogen-bond donors (Lipinski definition) is 2. The van der Waals surface area contributed by atoms with Crippen molar-refractivity contribution in [3.8, 4) is 0 Å². The molecule has 0 saturated carbocycles. The van der Waals surface area contributed by atoms with E-state index in [9.17, 15) is 9.59 Å². The van der Waals surface area contributed by atoms with Crippen molar-refractivity contribution in [3.05, 3.63) is 60.8 Å². The minimum atomic E-state index is -0.539. The van der Waals surface area contributed by atoms with Crippen LogP contribution < -0.4 is 10.6 Å². The summed E-state index contributed by atoms with van der Waals surface area (Å²) >= 11 is 0. The van der Waals surface area contributed by atoms with Crippen molar-refractivity contribution in [1.29, 1.82) is 0 Å². The fourth-order valence-electron chi connectivity index (χ4n) is 3.12. The van der Waals surface area contributed by atoms with Crippen LogP contribution >= 0.6 is 0 Å². The topological polar surface area (TPSA) is 76.7 Å². The van der Waals surface area contributed by atoms with Gasteiger partial charge in [0.25, 0.3) is 0 Å². The van der Waals surface area contributed by atoms with E-state index in [1.54, 1.807) is 20.8 Å². The van der Waals surface area contributed by atoms with Crippen LogP contribution in [0.3, 0.4) is 0 Å². The van der Waals surface area contributed by atoms with E-state index < -0.39 is 17.8 Å². The zero-order valence-electron chi connectivity index (χ0n) is 24.0. The van der Waals surface area contributed by atoms with Gasteiger partial charge in [0, 0.05) is 19.7 Å². The Morgan fingerprint density at radius 3 is 1.76 bits per heavy atom.